The molecule has 158 valence electrons. The van der Waals surface area contributed by atoms with E-state index in [9.17, 15) is 13.2 Å². The summed E-state index contributed by atoms with van der Waals surface area (Å²) in [6, 6.07) is 0. The Morgan fingerprint density at radius 3 is 2.55 bits per heavy atom. The van der Waals surface area contributed by atoms with Crippen LogP contribution in [-0.2, 0) is 10.0 Å². The molecule has 0 aliphatic heterocycles. The van der Waals surface area contributed by atoms with Crippen molar-refractivity contribution in [1.82, 2.24) is 19.9 Å². The molecule has 1 aromatic heterocycles. The van der Waals surface area contributed by atoms with Crippen LogP contribution in [0, 0.1) is 5.41 Å². The highest BCUT2D eigenvalue weighted by Crippen LogP contribution is 2.42. The molecule has 0 spiro atoms. The summed E-state index contributed by atoms with van der Waals surface area (Å²) in [5.74, 6) is 0.475. The van der Waals surface area contributed by atoms with E-state index in [1.54, 1.807) is 6.08 Å². The van der Waals surface area contributed by atoms with Crippen molar-refractivity contribution in [2.45, 2.75) is 47.0 Å². The lowest BCUT2D eigenvalue weighted by Crippen LogP contribution is -2.28. The molecular weight excluding hydrogens is 388 g/mol. The lowest BCUT2D eigenvalue weighted by Gasteiger charge is -2.33. The molecule has 1 heterocycles. The van der Waals surface area contributed by atoms with Gasteiger partial charge in [-0.05, 0) is 62.8 Å². The van der Waals surface area contributed by atoms with E-state index in [1.807, 2.05) is 44.2 Å². The van der Waals surface area contributed by atoms with Crippen molar-refractivity contribution in [1.29, 1.82) is 0 Å². The molecule has 8 heteroatoms. The Kier molecular flexibility index (Phi) is 7.37. The third kappa shape index (κ3) is 6.27. The van der Waals surface area contributed by atoms with Gasteiger partial charge < -0.3 is 0 Å². The fraction of sp³-hybridized carbons (Fsp3) is 0.429. The molecule has 29 heavy (non-hydrogen) atoms. The Labute approximate surface area is 172 Å². The fourth-order valence-electron chi connectivity index (χ4n) is 3.30. The number of nitrogens with one attached hydrogen (secondary N) is 3. The van der Waals surface area contributed by atoms with Crippen LogP contribution >= 0.6 is 0 Å². The van der Waals surface area contributed by atoms with Crippen molar-refractivity contribution in [3.8, 4) is 0 Å². The summed E-state index contributed by atoms with van der Waals surface area (Å²) in [6.07, 6.45) is 13.8. The average molecular weight is 419 g/mol. The minimum absolute atomic E-state index is 0.191. The van der Waals surface area contributed by atoms with E-state index in [1.165, 1.54) is 7.05 Å². The molecule has 0 unspecified atom stereocenters. The predicted octanol–water partition coefficient (Wildman–Crippen LogP) is 3.57. The number of hydrogen-bond acceptors (Lipinski definition) is 4. The topological polar surface area (TPSA) is 108 Å². The van der Waals surface area contributed by atoms with Crippen LogP contribution in [0.15, 0.2) is 56.8 Å². The van der Waals surface area contributed by atoms with Gasteiger partial charge in [0.05, 0.1) is 4.91 Å². The third-order valence-corrected chi connectivity index (χ3v) is 6.55. The van der Waals surface area contributed by atoms with Gasteiger partial charge in [0.2, 0.25) is 10.0 Å². The van der Waals surface area contributed by atoms with E-state index in [4.69, 9.17) is 0 Å². The van der Waals surface area contributed by atoms with Crippen LogP contribution in [0.2, 0.25) is 0 Å². The number of aromatic nitrogens is 3. The van der Waals surface area contributed by atoms with Crippen LogP contribution in [0.25, 0.3) is 6.08 Å². The number of rotatable bonds is 7. The first-order valence-electron chi connectivity index (χ1n) is 9.58. The maximum absolute atomic E-state index is 12.4. The quantitative estimate of drug-likeness (QED) is 0.588. The van der Waals surface area contributed by atoms with Crippen LogP contribution in [-0.4, -0.2) is 30.6 Å². The number of allylic oxidation sites excluding steroid dienone is 9. The molecule has 2 rings (SSSR count). The summed E-state index contributed by atoms with van der Waals surface area (Å²) >= 11 is 0. The van der Waals surface area contributed by atoms with Crippen LogP contribution in [0.5, 0.6) is 0 Å². The maximum Gasteiger partial charge on any atom is 0.340 e. The third-order valence-electron chi connectivity index (χ3n) is 4.94. The SMILES string of the molecule is CNS(=O)(=O)C1=C(/C=C/C(C)=C/C=C/C(C)=C/c2n[nH]c(=O)[nH]2)C(C)(C)CCC1. The van der Waals surface area contributed by atoms with Crippen molar-refractivity contribution >= 4 is 16.1 Å². The van der Waals surface area contributed by atoms with Crippen molar-refractivity contribution < 1.29 is 8.42 Å². The summed E-state index contributed by atoms with van der Waals surface area (Å²) in [7, 11) is -1.99. The number of sulfonamides is 1. The van der Waals surface area contributed by atoms with E-state index in [0.717, 1.165) is 29.6 Å². The smallest absolute Gasteiger partial charge is 0.289 e. The summed E-state index contributed by atoms with van der Waals surface area (Å²) in [4.78, 5) is 14.1. The van der Waals surface area contributed by atoms with Gasteiger partial charge in [0.25, 0.3) is 0 Å². The van der Waals surface area contributed by atoms with Crippen molar-refractivity contribution in [2.24, 2.45) is 5.41 Å². The van der Waals surface area contributed by atoms with Crippen molar-refractivity contribution in [2.75, 3.05) is 7.05 Å². The van der Waals surface area contributed by atoms with Crippen molar-refractivity contribution in [3.05, 3.63) is 68.3 Å². The van der Waals surface area contributed by atoms with E-state index < -0.39 is 10.0 Å². The van der Waals surface area contributed by atoms with Gasteiger partial charge in [-0.2, -0.15) is 5.10 Å². The van der Waals surface area contributed by atoms with Gasteiger partial charge in [-0.3, -0.25) is 4.98 Å². The Balaban J connectivity index is 2.21. The molecule has 0 bridgehead atoms. The summed E-state index contributed by atoms with van der Waals surface area (Å²) in [6.45, 7) is 8.05. The van der Waals surface area contributed by atoms with E-state index in [-0.39, 0.29) is 11.1 Å². The van der Waals surface area contributed by atoms with Gasteiger partial charge in [0.1, 0.15) is 0 Å². The predicted molar refractivity (Wildman–Crippen MR) is 118 cm³/mol. The summed E-state index contributed by atoms with van der Waals surface area (Å²) in [5, 5.41) is 6.16. The van der Waals surface area contributed by atoms with Gasteiger partial charge in [0, 0.05) is 0 Å². The summed E-state index contributed by atoms with van der Waals surface area (Å²) in [5.41, 5.74) is 2.27. The van der Waals surface area contributed by atoms with Crippen molar-refractivity contribution in [3.63, 3.8) is 0 Å². The fourth-order valence-corrected chi connectivity index (χ4v) is 4.59. The molecule has 1 aromatic rings. The highest BCUT2D eigenvalue weighted by Gasteiger charge is 2.33. The Morgan fingerprint density at radius 2 is 1.93 bits per heavy atom. The van der Waals surface area contributed by atoms with Crippen LogP contribution in [0.1, 0.15) is 52.8 Å². The second kappa shape index (κ2) is 9.37. The highest BCUT2D eigenvalue weighted by atomic mass is 32.2. The normalized spacial score (nSPS) is 18.9. The zero-order chi connectivity index (χ0) is 21.7. The number of hydrogen-bond donors (Lipinski definition) is 3. The molecule has 0 saturated heterocycles. The molecule has 0 amide bonds. The molecule has 0 radical (unpaired) electrons. The van der Waals surface area contributed by atoms with Crippen LogP contribution in [0.4, 0.5) is 0 Å². The number of H-pyrrole nitrogens is 2. The van der Waals surface area contributed by atoms with E-state index in [2.05, 4.69) is 33.8 Å². The van der Waals surface area contributed by atoms with E-state index in [0.29, 0.717) is 17.2 Å². The first-order valence-corrected chi connectivity index (χ1v) is 11.1. The maximum atomic E-state index is 12.4. The first kappa shape index (κ1) is 22.8. The standard InChI is InChI=1S/C21H30N4O3S/c1-15(8-6-9-16(2)14-19-23-20(26)25-24-19)11-12-17-18(29(27,28)22-5)10-7-13-21(17,3)4/h6,8-9,11-12,14,22H,7,10,13H2,1-5H3,(H2,23,24,25,26)/b9-6+,12-11+,15-8+,16-14+. The second-order valence-electron chi connectivity index (χ2n) is 7.84. The van der Waals surface area contributed by atoms with Gasteiger partial charge in [-0.1, -0.05) is 49.8 Å². The molecular formula is C21H30N4O3S. The van der Waals surface area contributed by atoms with Crippen LogP contribution < -0.4 is 10.4 Å². The lowest BCUT2D eigenvalue weighted by molar-refractivity contribution is 0.381. The zero-order valence-electron chi connectivity index (χ0n) is 17.7. The molecule has 1 aliphatic rings. The number of nitrogens with zero attached hydrogens (tertiary/aromatic N) is 1. The van der Waals surface area contributed by atoms with Gasteiger partial charge in [-0.15, -0.1) is 0 Å². The molecule has 1 aliphatic carbocycles. The largest absolute Gasteiger partial charge is 0.340 e. The Hall–Kier alpha value is -2.45. The molecule has 0 atom stereocenters. The first-order chi connectivity index (χ1) is 13.5. The highest BCUT2D eigenvalue weighted by molar-refractivity contribution is 7.93. The monoisotopic (exact) mass is 418 g/mol. The van der Waals surface area contributed by atoms with E-state index >= 15 is 0 Å². The molecule has 0 saturated carbocycles. The zero-order valence-corrected chi connectivity index (χ0v) is 18.5. The van der Waals surface area contributed by atoms with Gasteiger partial charge in [0.15, 0.2) is 5.82 Å². The average Bonchev–Trinajstić information content (AvgIpc) is 3.04. The lowest BCUT2D eigenvalue weighted by atomic mass is 9.75. The summed E-state index contributed by atoms with van der Waals surface area (Å²) < 4.78 is 27.3. The molecule has 7 nitrogen and oxygen atoms in total. The van der Waals surface area contributed by atoms with Crippen LogP contribution in [0.3, 0.4) is 0 Å². The molecule has 3 N–H and O–H groups in total. The minimum atomic E-state index is -3.44. The Morgan fingerprint density at radius 1 is 1.21 bits per heavy atom. The van der Waals surface area contributed by atoms with Gasteiger partial charge in [-0.25, -0.2) is 23.0 Å². The Bertz CT molecular complexity index is 1050. The second-order valence-corrected chi connectivity index (χ2v) is 9.74. The number of aromatic amines is 2. The molecule has 0 aromatic carbocycles. The molecule has 0 fully saturated rings. The van der Waals surface area contributed by atoms with Gasteiger partial charge >= 0.3 is 5.69 Å². The minimum Gasteiger partial charge on any atom is -0.289 e.